The minimum Gasteiger partial charge on any atom is -0.318 e. The van der Waals surface area contributed by atoms with Crippen molar-refractivity contribution >= 4 is 22.7 Å². The molecule has 2 rings (SSSR count). The Kier molecular flexibility index (Phi) is 3.03. The average molecular weight is 204 g/mol. The fourth-order valence-corrected chi connectivity index (χ4v) is 2.09. The molecule has 0 heterocycles. The number of benzene rings is 2. The summed E-state index contributed by atoms with van der Waals surface area (Å²) in [6.07, 6.45) is 0. The summed E-state index contributed by atoms with van der Waals surface area (Å²) in [5, 5.41) is 2.53. The van der Waals surface area contributed by atoms with Gasteiger partial charge in [0.15, 0.2) is 0 Å². The van der Waals surface area contributed by atoms with Gasteiger partial charge < -0.3 is 5.73 Å². The molecule has 2 nitrogen and oxygen atoms in total. The van der Waals surface area contributed by atoms with Crippen molar-refractivity contribution in [2.24, 2.45) is 5.73 Å². The molecule has 0 saturated carbocycles. The molecule has 0 spiro atoms. The topological polar surface area (TPSA) is 38.0 Å². The maximum atomic E-state index is 5.39. The van der Waals surface area contributed by atoms with E-state index in [-0.39, 0.29) is 0 Å². The smallest absolute Gasteiger partial charge is 0.0530 e. The van der Waals surface area contributed by atoms with Crippen molar-refractivity contribution in [3.8, 4) is 0 Å². The highest BCUT2D eigenvalue weighted by Gasteiger charge is 1.98. The molecule has 3 N–H and O–H groups in total. The molecule has 2 aromatic rings. The lowest BCUT2D eigenvalue weighted by atomic mass is 10.1. The molecular formula is C11H12N2S. The SMILES string of the molecule is NCNSc1cccc2ccccc12. The van der Waals surface area contributed by atoms with Crippen molar-refractivity contribution in [1.29, 1.82) is 0 Å². The lowest BCUT2D eigenvalue weighted by Gasteiger charge is -2.05. The molecule has 0 aliphatic carbocycles. The van der Waals surface area contributed by atoms with Crippen molar-refractivity contribution in [3.05, 3.63) is 42.5 Å². The Bertz CT molecular complexity index is 423. The summed E-state index contributed by atoms with van der Waals surface area (Å²) in [6.45, 7) is 0.480. The zero-order valence-electron chi connectivity index (χ0n) is 7.73. The molecule has 0 fully saturated rings. The van der Waals surface area contributed by atoms with Crippen LogP contribution in [0.3, 0.4) is 0 Å². The zero-order valence-corrected chi connectivity index (χ0v) is 8.55. The van der Waals surface area contributed by atoms with Crippen LogP contribution in [0.25, 0.3) is 10.8 Å². The Hall–Kier alpha value is -1.03. The van der Waals surface area contributed by atoms with Gasteiger partial charge in [0.2, 0.25) is 0 Å². The summed E-state index contributed by atoms with van der Waals surface area (Å²) >= 11 is 1.57. The number of rotatable bonds is 3. The van der Waals surface area contributed by atoms with Crippen LogP contribution in [0.15, 0.2) is 47.4 Å². The van der Waals surface area contributed by atoms with E-state index in [1.807, 2.05) is 6.07 Å². The van der Waals surface area contributed by atoms with Crippen molar-refractivity contribution in [1.82, 2.24) is 4.72 Å². The van der Waals surface area contributed by atoms with Crippen molar-refractivity contribution < 1.29 is 0 Å². The summed E-state index contributed by atoms with van der Waals surface area (Å²) in [5.41, 5.74) is 5.39. The van der Waals surface area contributed by atoms with Crippen molar-refractivity contribution in [2.75, 3.05) is 6.67 Å². The third-order valence-corrected chi connectivity index (χ3v) is 2.90. The predicted octanol–water partition coefficient (Wildman–Crippen LogP) is 2.35. The summed E-state index contributed by atoms with van der Waals surface area (Å²) in [5.74, 6) is 0. The number of nitrogens with one attached hydrogen (secondary N) is 1. The quantitative estimate of drug-likeness (QED) is 0.595. The van der Waals surface area contributed by atoms with E-state index in [0.717, 1.165) is 0 Å². The lowest BCUT2D eigenvalue weighted by Crippen LogP contribution is -2.14. The van der Waals surface area contributed by atoms with Crippen LogP contribution in [-0.2, 0) is 0 Å². The normalized spacial score (nSPS) is 10.6. The molecule has 3 heteroatoms. The van der Waals surface area contributed by atoms with Gasteiger partial charge in [0.05, 0.1) is 6.67 Å². The molecule has 0 aromatic heterocycles. The Balaban J connectivity index is 2.43. The van der Waals surface area contributed by atoms with E-state index in [2.05, 4.69) is 41.1 Å². The van der Waals surface area contributed by atoms with Crippen LogP contribution in [0.1, 0.15) is 0 Å². The second kappa shape index (κ2) is 4.46. The van der Waals surface area contributed by atoms with Gasteiger partial charge in [-0.2, -0.15) is 0 Å². The molecule has 72 valence electrons. The molecule has 2 aromatic carbocycles. The average Bonchev–Trinajstić information content (AvgIpc) is 2.26. The number of fused-ring (bicyclic) bond motifs is 1. The maximum Gasteiger partial charge on any atom is 0.0530 e. The second-order valence-electron chi connectivity index (χ2n) is 2.93. The van der Waals surface area contributed by atoms with Crippen LogP contribution in [0, 0.1) is 0 Å². The Morgan fingerprint density at radius 2 is 1.86 bits per heavy atom. The minimum absolute atomic E-state index is 0.480. The Morgan fingerprint density at radius 1 is 1.07 bits per heavy atom. The van der Waals surface area contributed by atoms with Crippen LogP contribution in [0.2, 0.25) is 0 Å². The monoisotopic (exact) mass is 204 g/mol. The third kappa shape index (κ3) is 1.90. The molecule has 0 bridgehead atoms. The van der Waals surface area contributed by atoms with Gasteiger partial charge in [0.25, 0.3) is 0 Å². The second-order valence-corrected chi connectivity index (χ2v) is 3.86. The first-order chi connectivity index (χ1) is 6.92. The highest BCUT2D eigenvalue weighted by Crippen LogP contribution is 2.25. The van der Waals surface area contributed by atoms with E-state index in [0.29, 0.717) is 6.67 Å². The highest BCUT2D eigenvalue weighted by atomic mass is 32.2. The molecule has 0 saturated heterocycles. The summed E-state index contributed by atoms with van der Waals surface area (Å²) in [6, 6.07) is 14.6. The molecule has 0 radical (unpaired) electrons. The number of nitrogens with two attached hydrogens (primary N) is 1. The van der Waals surface area contributed by atoms with Crippen LogP contribution in [-0.4, -0.2) is 6.67 Å². The molecule has 0 amide bonds. The van der Waals surface area contributed by atoms with E-state index >= 15 is 0 Å². The first-order valence-electron chi connectivity index (χ1n) is 4.49. The van der Waals surface area contributed by atoms with E-state index in [4.69, 9.17) is 5.73 Å². The minimum atomic E-state index is 0.480. The molecule has 0 atom stereocenters. The highest BCUT2D eigenvalue weighted by molar-refractivity contribution is 7.97. The Morgan fingerprint density at radius 3 is 2.71 bits per heavy atom. The lowest BCUT2D eigenvalue weighted by molar-refractivity contribution is 0.985. The van der Waals surface area contributed by atoms with Gasteiger partial charge in [-0.3, -0.25) is 0 Å². The number of hydrogen-bond acceptors (Lipinski definition) is 3. The van der Waals surface area contributed by atoms with Gasteiger partial charge in [-0.05, 0) is 28.8 Å². The van der Waals surface area contributed by atoms with Crippen molar-refractivity contribution in [2.45, 2.75) is 4.90 Å². The first-order valence-corrected chi connectivity index (χ1v) is 5.31. The van der Waals surface area contributed by atoms with E-state index < -0.39 is 0 Å². The molecular weight excluding hydrogens is 192 g/mol. The number of hydrogen-bond donors (Lipinski definition) is 2. The predicted molar refractivity (Wildman–Crippen MR) is 62.0 cm³/mol. The van der Waals surface area contributed by atoms with Gasteiger partial charge in [-0.25, -0.2) is 4.72 Å². The van der Waals surface area contributed by atoms with E-state index in [1.165, 1.54) is 15.7 Å². The maximum absolute atomic E-state index is 5.39. The van der Waals surface area contributed by atoms with Crippen LogP contribution in [0.5, 0.6) is 0 Å². The van der Waals surface area contributed by atoms with Crippen LogP contribution in [0.4, 0.5) is 0 Å². The molecule has 14 heavy (non-hydrogen) atoms. The molecule has 0 aliphatic heterocycles. The standard InChI is InChI=1S/C11H12N2S/c12-8-13-14-11-7-3-5-9-4-1-2-6-10(9)11/h1-7,13H,8,12H2. The van der Waals surface area contributed by atoms with E-state index in [9.17, 15) is 0 Å². The van der Waals surface area contributed by atoms with Gasteiger partial charge in [-0.1, -0.05) is 36.4 Å². The van der Waals surface area contributed by atoms with Gasteiger partial charge in [0, 0.05) is 4.90 Å². The Labute approximate surface area is 87.6 Å². The largest absolute Gasteiger partial charge is 0.318 e. The van der Waals surface area contributed by atoms with Crippen LogP contribution < -0.4 is 10.5 Å². The molecule has 0 unspecified atom stereocenters. The van der Waals surface area contributed by atoms with Gasteiger partial charge in [-0.15, -0.1) is 0 Å². The van der Waals surface area contributed by atoms with E-state index in [1.54, 1.807) is 11.9 Å². The third-order valence-electron chi connectivity index (χ3n) is 2.02. The van der Waals surface area contributed by atoms with Crippen molar-refractivity contribution in [3.63, 3.8) is 0 Å². The van der Waals surface area contributed by atoms with Crippen LogP contribution >= 0.6 is 11.9 Å². The summed E-state index contributed by atoms with van der Waals surface area (Å²) in [7, 11) is 0. The molecule has 0 aliphatic rings. The fourth-order valence-electron chi connectivity index (χ4n) is 1.40. The summed E-state index contributed by atoms with van der Waals surface area (Å²) < 4.78 is 3.05. The fraction of sp³-hybridized carbons (Fsp3) is 0.0909. The van der Waals surface area contributed by atoms with Gasteiger partial charge >= 0.3 is 0 Å². The summed E-state index contributed by atoms with van der Waals surface area (Å²) in [4.78, 5) is 1.22. The van der Waals surface area contributed by atoms with Gasteiger partial charge in [0.1, 0.15) is 0 Å². The first kappa shape index (κ1) is 9.52. The zero-order chi connectivity index (χ0) is 9.80.